The maximum atomic E-state index is 9.50. The average Bonchev–Trinajstić information content (AvgIpc) is 3.08. The third-order valence-corrected chi connectivity index (χ3v) is 4.77. The van der Waals surface area contributed by atoms with Gasteiger partial charge in [-0.05, 0) is 43.9 Å². The van der Waals surface area contributed by atoms with Crippen molar-refractivity contribution in [2.45, 2.75) is 38.2 Å². The lowest BCUT2D eigenvalue weighted by molar-refractivity contribution is 0.0731. The number of hydrogen-bond acceptors (Lipinski definition) is 5. The van der Waals surface area contributed by atoms with Crippen molar-refractivity contribution >= 4 is 5.82 Å². The first-order valence-electron chi connectivity index (χ1n) is 9.04. The van der Waals surface area contributed by atoms with Gasteiger partial charge in [0.2, 0.25) is 0 Å². The Labute approximate surface area is 152 Å². The Morgan fingerprint density at radius 3 is 2.77 bits per heavy atom. The van der Waals surface area contributed by atoms with Gasteiger partial charge >= 0.3 is 0 Å². The van der Waals surface area contributed by atoms with Crippen LogP contribution in [0.1, 0.15) is 35.8 Å². The van der Waals surface area contributed by atoms with Crippen LogP contribution in [0.5, 0.6) is 0 Å². The number of nitrogens with zero attached hydrogens (tertiary/aromatic N) is 4. The molecule has 2 N–H and O–H groups in total. The fourth-order valence-electron chi connectivity index (χ4n) is 3.27. The molecule has 134 valence electrons. The minimum Gasteiger partial charge on any atom is -0.393 e. The summed E-state index contributed by atoms with van der Waals surface area (Å²) in [6, 6.07) is 12.1. The standard InChI is InChI=1S/C20H23N5O/c1-14-23-19(16-9-18(26)10-16)11-20(24-14)21-8-7-15-12-22-25(13-15)17-5-3-2-4-6-17/h2-6,11-13,16,18,26H,7-10H2,1H3,(H,21,23,24). The molecule has 0 atom stereocenters. The molecule has 1 aromatic carbocycles. The van der Waals surface area contributed by atoms with E-state index >= 15 is 0 Å². The molecular formula is C20H23N5O. The summed E-state index contributed by atoms with van der Waals surface area (Å²) in [6.45, 7) is 2.69. The lowest BCUT2D eigenvalue weighted by atomic mass is 9.80. The van der Waals surface area contributed by atoms with Crippen molar-refractivity contribution < 1.29 is 5.11 Å². The maximum absolute atomic E-state index is 9.50. The summed E-state index contributed by atoms with van der Waals surface area (Å²) in [5.74, 6) is 1.98. The molecule has 2 aromatic heterocycles. The normalized spacial score (nSPS) is 19.2. The van der Waals surface area contributed by atoms with Crippen molar-refractivity contribution in [3.63, 3.8) is 0 Å². The molecule has 6 heteroatoms. The van der Waals surface area contributed by atoms with Crippen LogP contribution in [0.4, 0.5) is 5.82 Å². The zero-order chi connectivity index (χ0) is 17.9. The molecule has 6 nitrogen and oxygen atoms in total. The minimum absolute atomic E-state index is 0.173. The summed E-state index contributed by atoms with van der Waals surface area (Å²) >= 11 is 0. The smallest absolute Gasteiger partial charge is 0.129 e. The van der Waals surface area contributed by atoms with Gasteiger partial charge in [0, 0.05) is 30.4 Å². The predicted octanol–water partition coefficient (Wildman–Crippen LogP) is 2.86. The Morgan fingerprint density at radius 2 is 2.00 bits per heavy atom. The van der Waals surface area contributed by atoms with Gasteiger partial charge in [-0.1, -0.05) is 18.2 Å². The number of hydrogen-bond donors (Lipinski definition) is 2. The number of aromatic nitrogens is 4. The fraction of sp³-hybridized carbons (Fsp3) is 0.350. The van der Waals surface area contributed by atoms with Crippen LogP contribution in [0.3, 0.4) is 0 Å². The van der Waals surface area contributed by atoms with E-state index in [0.29, 0.717) is 5.92 Å². The first-order valence-corrected chi connectivity index (χ1v) is 9.04. The highest BCUT2D eigenvalue weighted by molar-refractivity contribution is 5.38. The van der Waals surface area contributed by atoms with Crippen LogP contribution in [0.25, 0.3) is 5.69 Å². The highest BCUT2D eigenvalue weighted by atomic mass is 16.3. The van der Waals surface area contributed by atoms with Crippen molar-refractivity contribution in [2.24, 2.45) is 0 Å². The highest BCUT2D eigenvalue weighted by Gasteiger charge is 2.30. The topological polar surface area (TPSA) is 75.9 Å². The molecule has 0 spiro atoms. The number of aryl methyl sites for hydroxylation is 1. The Morgan fingerprint density at radius 1 is 1.19 bits per heavy atom. The molecule has 2 heterocycles. The van der Waals surface area contributed by atoms with E-state index in [1.807, 2.05) is 54.2 Å². The summed E-state index contributed by atoms with van der Waals surface area (Å²) in [5.41, 5.74) is 3.27. The van der Waals surface area contributed by atoms with Crippen LogP contribution in [0, 0.1) is 6.92 Å². The molecule has 4 rings (SSSR count). The molecule has 1 aliphatic rings. The molecule has 0 radical (unpaired) electrons. The van der Waals surface area contributed by atoms with Crippen LogP contribution in [-0.4, -0.2) is 37.5 Å². The molecular weight excluding hydrogens is 326 g/mol. The minimum atomic E-state index is -0.173. The second-order valence-electron chi connectivity index (χ2n) is 6.85. The van der Waals surface area contributed by atoms with Gasteiger partial charge < -0.3 is 10.4 Å². The zero-order valence-corrected chi connectivity index (χ0v) is 14.8. The second kappa shape index (κ2) is 7.25. The van der Waals surface area contributed by atoms with Gasteiger partial charge in [-0.2, -0.15) is 5.10 Å². The van der Waals surface area contributed by atoms with Gasteiger partial charge in [0.1, 0.15) is 11.6 Å². The molecule has 1 fully saturated rings. The Hall–Kier alpha value is -2.73. The summed E-state index contributed by atoms with van der Waals surface area (Å²) in [7, 11) is 0. The molecule has 0 amide bonds. The van der Waals surface area contributed by atoms with Crippen LogP contribution >= 0.6 is 0 Å². The molecule has 0 bridgehead atoms. The van der Waals surface area contributed by atoms with E-state index in [4.69, 9.17) is 0 Å². The number of aliphatic hydroxyl groups excluding tert-OH is 1. The van der Waals surface area contributed by atoms with E-state index in [2.05, 4.69) is 26.6 Å². The van der Waals surface area contributed by atoms with Crippen LogP contribution < -0.4 is 5.32 Å². The van der Waals surface area contributed by atoms with Gasteiger partial charge in [0.25, 0.3) is 0 Å². The number of rotatable bonds is 6. The van der Waals surface area contributed by atoms with E-state index in [9.17, 15) is 5.11 Å². The van der Waals surface area contributed by atoms with Crippen molar-refractivity contribution in [3.8, 4) is 5.69 Å². The third kappa shape index (κ3) is 3.75. The van der Waals surface area contributed by atoms with Gasteiger partial charge in [-0.15, -0.1) is 0 Å². The molecule has 1 saturated carbocycles. The first kappa shape index (κ1) is 16.7. The van der Waals surface area contributed by atoms with Gasteiger partial charge in [-0.25, -0.2) is 14.6 Å². The van der Waals surface area contributed by atoms with Gasteiger partial charge in [0.15, 0.2) is 0 Å². The van der Waals surface area contributed by atoms with Crippen molar-refractivity contribution in [3.05, 3.63) is 65.9 Å². The van der Waals surface area contributed by atoms with Gasteiger partial charge in [0.05, 0.1) is 18.0 Å². The summed E-state index contributed by atoms with van der Waals surface area (Å²) in [5, 5.41) is 17.3. The van der Waals surface area contributed by atoms with E-state index in [-0.39, 0.29) is 6.10 Å². The van der Waals surface area contributed by atoms with E-state index < -0.39 is 0 Å². The number of benzene rings is 1. The van der Waals surface area contributed by atoms with Crippen molar-refractivity contribution in [1.82, 2.24) is 19.7 Å². The monoisotopic (exact) mass is 349 g/mol. The van der Waals surface area contributed by atoms with Gasteiger partial charge in [-0.3, -0.25) is 0 Å². The largest absolute Gasteiger partial charge is 0.393 e. The number of aliphatic hydroxyl groups is 1. The van der Waals surface area contributed by atoms with E-state index in [0.717, 1.165) is 48.8 Å². The summed E-state index contributed by atoms with van der Waals surface area (Å²) < 4.78 is 1.89. The summed E-state index contributed by atoms with van der Waals surface area (Å²) in [6.07, 6.45) is 6.26. The molecule has 26 heavy (non-hydrogen) atoms. The Kier molecular flexibility index (Phi) is 4.67. The Balaban J connectivity index is 1.36. The molecule has 0 unspecified atom stereocenters. The number of anilines is 1. The van der Waals surface area contributed by atoms with E-state index in [1.165, 1.54) is 5.56 Å². The van der Waals surface area contributed by atoms with Crippen LogP contribution in [-0.2, 0) is 6.42 Å². The lowest BCUT2D eigenvalue weighted by Crippen LogP contribution is -2.27. The lowest BCUT2D eigenvalue weighted by Gasteiger charge is -2.31. The Bertz CT molecular complexity index is 871. The molecule has 1 aliphatic carbocycles. The zero-order valence-electron chi connectivity index (χ0n) is 14.8. The molecule has 0 aliphatic heterocycles. The van der Waals surface area contributed by atoms with E-state index in [1.54, 1.807) is 0 Å². The number of nitrogens with one attached hydrogen (secondary N) is 1. The number of para-hydroxylation sites is 1. The average molecular weight is 349 g/mol. The SMILES string of the molecule is Cc1nc(NCCc2cnn(-c3ccccc3)c2)cc(C2CC(O)C2)n1. The quantitative estimate of drug-likeness (QED) is 0.716. The second-order valence-corrected chi connectivity index (χ2v) is 6.85. The molecule has 3 aromatic rings. The summed E-state index contributed by atoms with van der Waals surface area (Å²) in [4.78, 5) is 8.99. The maximum Gasteiger partial charge on any atom is 0.129 e. The van der Waals surface area contributed by atoms with Crippen LogP contribution in [0.15, 0.2) is 48.8 Å². The molecule has 0 saturated heterocycles. The highest BCUT2D eigenvalue weighted by Crippen LogP contribution is 2.36. The van der Waals surface area contributed by atoms with Crippen LogP contribution in [0.2, 0.25) is 0 Å². The third-order valence-electron chi connectivity index (χ3n) is 4.77. The predicted molar refractivity (Wildman–Crippen MR) is 101 cm³/mol. The van der Waals surface area contributed by atoms with Crippen molar-refractivity contribution in [1.29, 1.82) is 0 Å². The fourth-order valence-corrected chi connectivity index (χ4v) is 3.27. The first-order chi connectivity index (χ1) is 12.7. The van der Waals surface area contributed by atoms with Crippen molar-refractivity contribution in [2.75, 3.05) is 11.9 Å².